The third-order valence-corrected chi connectivity index (χ3v) is 2.73. The van der Waals surface area contributed by atoms with Crippen LogP contribution in [-0.4, -0.2) is 15.3 Å². The van der Waals surface area contributed by atoms with Gasteiger partial charge in [0, 0.05) is 0 Å². The van der Waals surface area contributed by atoms with Gasteiger partial charge in [-0.2, -0.15) is 5.26 Å². The number of aromatic hydroxyl groups is 2. The van der Waals surface area contributed by atoms with Gasteiger partial charge in [-0.3, -0.25) is 0 Å². The third-order valence-electron chi connectivity index (χ3n) is 2.53. The highest BCUT2D eigenvalue weighted by molar-refractivity contribution is 7.80. The quantitative estimate of drug-likeness (QED) is 0.501. The van der Waals surface area contributed by atoms with E-state index in [2.05, 4.69) is 10.6 Å². The minimum Gasteiger partial charge on any atom is -0.506 e. The standard InChI is InChI=1S/C14H11N3O2S/c15-8-9-5-6-11(13(19)7-9)17-14(20)16-10-3-1-2-4-12(10)18/h1-7,18-19H,(H2,16,17,20). The number of phenols is 2. The van der Waals surface area contributed by atoms with E-state index in [0.717, 1.165) is 0 Å². The number of benzene rings is 2. The molecule has 0 unspecified atom stereocenters. The number of nitriles is 1. The van der Waals surface area contributed by atoms with Gasteiger partial charge in [-0.1, -0.05) is 12.1 Å². The van der Waals surface area contributed by atoms with Crippen LogP contribution in [-0.2, 0) is 0 Å². The Balaban J connectivity index is 2.09. The van der Waals surface area contributed by atoms with Gasteiger partial charge in [0.05, 0.1) is 23.0 Å². The number of hydrogen-bond donors (Lipinski definition) is 4. The second-order valence-corrected chi connectivity index (χ2v) is 4.35. The van der Waals surface area contributed by atoms with Gasteiger partial charge >= 0.3 is 0 Å². The minimum absolute atomic E-state index is 0.0701. The van der Waals surface area contributed by atoms with E-state index in [1.54, 1.807) is 30.3 Å². The molecule has 0 aliphatic heterocycles. The number of para-hydroxylation sites is 2. The monoisotopic (exact) mass is 285 g/mol. The predicted octanol–water partition coefficient (Wildman–Crippen LogP) is 2.78. The highest BCUT2D eigenvalue weighted by Crippen LogP contribution is 2.25. The van der Waals surface area contributed by atoms with Crippen LogP contribution < -0.4 is 10.6 Å². The highest BCUT2D eigenvalue weighted by atomic mass is 32.1. The largest absolute Gasteiger partial charge is 0.506 e. The van der Waals surface area contributed by atoms with Crippen LogP contribution in [0, 0.1) is 11.3 Å². The summed E-state index contributed by atoms with van der Waals surface area (Å²) in [7, 11) is 0. The van der Waals surface area contributed by atoms with Crippen LogP contribution in [0.15, 0.2) is 42.5 Å². The van der Waals surface area contributed by atoms with Crippen molar-refractivity contribution in [3.8, 4) is 17.6 Å². The fraction of sp³-hybridized carbons (Fsp3) is 0. The van der Waals surface area contributed by atoms with Gasteiger partial charge in [0.1, 0.15) is 11.5 Å². The maximum absolute atomic E-state index is 9.74. The molecule has 0 radical (unpaired) electrons. The van der Waals surface area contributed by atoms with Crippen molar-refractivity contribution in [2.75, 3.05) is 10.6 Å². The Morgan fingerprint density at radius 2 is 1.65 bits per heavy atom. The lowest BCUT2D eigenvalue weighted by molar-refractivity contribution is 0.477. The molecule has 0 spiro atoms. The fourth-order valence-electron chi connectivity index (χ4n) is 1.56. The number of rotatable bonds is 2. The molecule has 0 atom stereocenters. The summed E-state index contributed by atoms with van der Waals surface area (Å²) >= 11 is 5.09. The van der Waals surface area contributed by atoms with Crippen molar-refractivity contribution in [1.82, 2.24) is 0 Å². The van der Waals surface area contributed by atoms with Crippen molar-refractivity contribution < 1.29 is 10.2 Å². The van der Waals surface area contributed by atoms with Gasteiger partial charge in [0.15, 0.2) is 5.11 Å². The Kier molecular flexibility index (Phi) is 4.03. The Labute approximate surface area is 121 Å². The zero-order chi connectivity index (χ0) is 14.5. The summed E-state index contributed by atoms with van der Waals surface area (Å²) < 4.78 is 0. The molecule has 0 aromatic heterocycles. The number of hydrogen-bond acceptors (Lipinski definition) is 4. The van der Waals surface area contributed by atoms with E-state index in [9.17, 15) is 10.2 Å². The van der Waals surface area contributed by atoms with Crippen LogP contribution in [0.5, 0.6) is 11.5 Å². The van der Waals surface area contributed by atoms with Crippen LogP contribution in [0.2, 0.25) is 0 Å². The first kappa shape index (κ1) is 13.6. The Morgan fingerprint density at radius 1 is 1.00 bits per heavy atom. The van der Waals surface area contributed by atoms with E-state index in [0.29, 0.717) is 16.9 Å². The lowest BCUT2D eigenvalue weighted by Gasteiger charge is -2.12. The van der Waals surface area contributed by atoms with Crippen molar-refractivity contribution in [3.63, 3.8) is 0 Å². The number of phenolic OH excluding ortho intramolecular Hbond substituents is 2. The van der Waals surface area contributed by atoms with Crippen molar-refractivity contribution >= 4 is 28.7 Å². The van der Waals surface area contributed by atoms with Gasteiger partial charge in [0.25, 0.3) is 0 Å². The zero-order valence-corrected chi connectivity index (χ0v) is 11.1. The molecular formula is C14H11N3O2S. The first-order chi connectivity index (χ1) is 9.60. The topological polar surface area (TPSA) is 88.3 Å². The minimum atomic E-state index is -0.0783. The second kappa shape index (κ2) is 5.91. The molecule has 20 heavy (non-hydrogen) atoms. The summed E-state index contributed by atoms with van der Waals surface area (Å²) in [4.78, 5) is 0. The van der Waals surface area contributed by atoms with E-state index in [1.807, 2.05) is 6.07 Å². The fourth-order valence-corrected chi connectivity index (χ4v) is 1.78. The molecule has 100 valence electrons. The van der Waals surface area contributed by atoms with Crippen molar-refractivity contribution in [3.05, 3.63) is 48.0 Å². The Hall–Kier alpha value is -2.78. The molecule has 2 aromatic rings. The molecule has 6 heteroatoms. The molecule has 0 heterocycles. The number of thiocarbonyl (C=S) groups is 1. The van der Waals surface area contributed by atoms with Crippen molar-refractivity contribution in [2.45, 2.75) is 0 Å². The van der Waals surface area contributed by atoms with E-state index in [4.69, 9.17) is 17.5 Å². The predicted molar refractivity (Wildman–Crippen MR) is 80.8 cm³/mol. The van der Waals surface area contributed by atoms with Crippen LogP contribution in [0.1, 0.15) is 5.56 Å². The molecule has 0 bridgehead atoms. The summed E-state index contributed by atoms with van der Waals surface area (Å²) in [5.41, 5.74) is 1.18. The molecule has 4 N–H and O–H groups in total. The van der Waals surface area contributed by atoms with Crippen LogP contribution in [0.25, 0.3) is 0 Å². The van der Waals surface area contributed by atoms with Crippen LogP contribution >= 0.6 is 12.2 Å². The summed E-state index contributed by atoms with van der Waals surface area (Å²) in [5, 5.41) is 33.9. The normalized spacial score (nSPS) is 9.55. The van der Waals surface area contributed by atoms with Gasteiger partial charge < -0.3 is 20.8 Å². The van der Waals surface area contributed by atoms with E-state index < -0.39 is 0 Å². The molecule has 0 fully saturated rings. The van der Waals surface area contributed by atoms with Crippen molar-refractivity contribution in [2.24, 2.45) is 0 Å². The van der Waals surface area contributed by atoms with Gasteiger partial charge in [0.2, 0.25) is 0 Å². The smallest absolute Gasteiger partial charge is 0.175 e. The Morgan fingerprint density at radius 3 is 2.25 bits per heavy atom. The average molecular weight is 285 g/mol. The maximum atomic E-state index is 9.74. The molecule has 2 rings (SSSR count). The number of nitrogens with one attached hydrogen (secondary N) is 2. The van der Waals surface area contributed by atoms with Crippen molar-refractivity contribution in [1.29, 1.82) is 5.26 Å². The highest BCUT2D eigenvalue weighted by Gasteiger charge is 2.06. The molecule has 2 aromatic carbocycles. The maximum Gasteiger partial charge on any atom is 0.175 e. The lowest BCUT2D eigenvalue weighted by atomic mass is 10.2. The summed E-state index contributed by atoms with van der Waals surface area (Å²) in [6, 6.07) is 13.0. The number of anilines is 2. The van der Waals surface area contributed by atoms with Gasteiger partial charge in [-0.05, 0) is 42.5 Å². The molecular weight excluding hydrogens is 274 g/mol. The Bertz CT molecular complexity index is 695. The molecule has 5 nitrogen and oxygen atoms in total. The molecule has 0 saturated heterocycles. The summed E-state index contributed by atoms with van der Waals surface area (Å²) in [5.74, 6) is -0.00816. The average Bonchev–Trinajstić information content (AvgIpc) is 2.43. The van der Waals surface area contributed by atoms with Crippen LogP contribution in [0.3, 0.4) is 0 Å². The van der Waals surface area contributed by atoms with Gasteiger partial charge in [-0.25, -0.2) is 0 Å². The zero-order valence-electron chi connectivity index (χ0n) is 10.3. The second-order valence-electron chi connectivity index (χ2n) is 3.94. The summed E-state index contributed by atoms with van der Waals surface area (Å²) in [6.07, 6.45) is 0. The number of nitrogens with zero attached hydrogens (tertiary/aromatic N) is 1. The lowest BCUT2D eigenvalue weighted by Crippen LogP contribution is -2.19. The molecule has 0 amide bonds. The molecule has 0 aliphatic rings. The first-order valence-electron chi connectivity index (χ1n) is 5.69. The first-order valence-corrected chi connectivity index (χ1v) is 6.10. The third kappa shape index (κ3) is 3.16. The van der Waals surface area contributed by atoms with E-state index in [-0.39, 0.29) is 16.6 Å². The van der Waals surface area contributed by atoms with E-state index >= 15 is 0 Å². The van der Waals surface area contributed by atoms with Crippen LogP contribution in [0.4, 0.5) is 11.4 Å². The molecule has 0 aliphatic carbocycles. The summed E-state index contributed by atoms with van der Waals surface area (Å²) in [6.45, 7) is 0. The van der Waals surface area contributed by atoms with E-state index in [1.165, 1.54) is 12.1 Å². The SMILES string of the molecule is N#Cc1ccc(NC(=S)Nc2ccccc2O)c(O)c1. The van der Waals surface area contributed by atoms with Gasteiger partial charge in [-0.15, -0.1) is 0 Å². The molecule has 0 saturated carbocycles.